The van der Waals surface area contributed by atoms with Crippen LogP contribution in [0.4, 0.5) is 0 Å². The zero-order valence-electron chi connectivity index (χ0n) is 11.5. The molecule has 1 aliphatic rings. The summed E-state index contributed by atoms with van der Waals surface area (Å²) < 4.78 is 0.535. The number of nitrogens with zero attached hydrogens (tertiary/aromatic N) is 1. The summed E-state index contributed by atoms with van der Waals surface area (Å²) in [6.07, 6.45) is 2.96. The van der Waals surface area contributed by atoms with Crippen molar-refractivity contribution in [3.63, 3.8) is 0 Å². The van der Waals surface area contributed by atoms with Crippen LogP contribution >= 0.6 is 35.3 Å². The van der Waals surface area contributed by atoms with Crippen LogP contribution in [-0.4, -0.2) is 27.6 Å². The molecule has 0 N–H and O–H groups in total. The van der Waals surface area contributed by atoms with Crippen molar-refractivity contribution in [1.82, 2.24) is 4.90 Å². The molecule has 0 radical (unpaired) electrons. The summed E-state index contributed by atoms with van der Waals surface area (Å²) >= 11 is 8.14. The van der Waals surface area contributed by atoms with Gasteiger partial charge in [0, 0.05) is 22.3 Å². The highest BCUT2D eigenvalue weighted by Gasteiger charge is 2.31. The summed E-state index contributed by atoms with van der Waals surface area (Å²) in [4.78, 5) is 27.0. The van der Waals surface area contributed by atoms with Gasteiger partial charge in [-0.15, -0.1) is 11.3 Å². The maximum atomic E-state index is 12.3. The molecule has 1 aromatic heterocycles. The Hall–Kier alpha value is -1.18. The Morgan fingerprint density at radius 3 is 2.81 bits per heavy atom. The van der Waals surface area contributed by atoms with E-state index in [1.54, 1.807) is 16.2 Å². The van der Waals surface area contributed by atoms with Crippen LogP contribution in [0.3, 0.4) is 0 Å². The van der Waals surface area contributed by atoms with Crippen LogP contribution in [0.5, 0.6) is 0 Å². The molecule has 1 fully saturated rings. The lowest BCUT2D eigenvalue weighted by Gasteiger charge is -2.14. The average molecular weight is 340 g/mol. The Bertz CT molecular complexity index is 606. The van der Waals surface area contributed by atoms with Gasteiger partial charge in [0.05, 0.1) is 4.91 Å². The number of carbonyl (C=O) groups excluding carboxylic acids is 2. The van der Waals surface area contributed by atoms with E-state index in [4.69, 9.17) is 12.2 Å². The molecule has 1 saturated heterocycles. The topological polar surface area (TPSA) is 60.4 Å². The number of carboxylic acid groups (broad SMARTS) is 1. The first kappa shape index (κ1) is 16.2. The van der Waals surface area contributed by atoms with Gasteiger partial charge < -0.3 is 9.90 Å². The molecule has 7 heteroatoms. The lowest BCUT2D eigenvalue weighted by atomic mass is 10.2. The van der Waals surface area contributed by atoms with Crippen molar-refractivity contribution >= 4 is 57.6 Å². The monoisotopic (exact) mass is 340 g/mol. The number of thioether (sulfide) groups is 1. The normalized spacial score (nSPS) is 17.0. The second-order valence-corrected chi connectivity index (χ2v) is 7.61. The first-order valence-corrected chi connectivity index (χ1v) is 8.53. The predicted octanol–water partition coefficient (Wildman–Crippen LogP) is 2.18. The molecule has 0 unspecified atom stereocenters. The van der Waals surface area contributed by atoms with Gasteiger partial charge in [-0.05, 0) is 44.4 Å². The summed E-state index contributed by atoms with van der Waals surface area (Å²) in [5.74, 6) is -1.15. The van der Waals surface area contributed by atoms with Crippen LogP contribution in [0.15, 0.2) is 17.0 Å². The van der Waals surface area contributed by atoms with Crippen molar-refractivity contribution < 1.29 is 14.7 Å². The summed E-state index contributed by atoms with van der Waals surface area (Å²) in [6, 6.07) is 3.99. The number of hydrogen-bond acceptors (Lipinski definition) is 6. The van der Waals surface area contributed by atoms with Gasteiger partial charge in [0.15, 0.2) is 0 Å². The highest BCUT2D eigenvalue weighted by Crippen LogP contribution is 2.33. The second-order valence-electron chi connectivity index (χ2n) is 4.61. The van der Waals surface area contributed by atoms with E-state index in [9.17, 15) is 14.7 Å². The Kier molecular flexibility index (Phi) is 5.55. The maximum absolute atomic E-state index is 12.3. The summed E-state index contributed by atoms with van der Waals surface area (Å²) in [5, 5.41) is 10.4. The zero-order chi connectivity index (χ0) is 15.4. The Balaban J connectivity index is 1.96. The molecule has 1 amide bonds. The Morgan fingerprint density at radius 1 is 1.43 bits per heavy atom. The van der Waals surface area contributed by atoms with Crippen LogP contribution in [0.2, 0.25) is 0 Å². The number of hydrogen-bond donors (Lipinski definition) is 0. The largest absolute Gasteiger partial charge is 0.550 e. The molecule has 112 valence electrons. The number of rotatable bonds is 6. The Labute approximate surface area is 136 Å². The fourth-order valence-electron chi connectivity index (χ4n) is 1.89. The zero-order valence-corrected chi connectivity index (χ0v) is 13.9. The number of thiophene rings is 1. The van der Waals surface area contributed by atoms with Crippen molar-refractivity contribution in [3.8, 4) is 0 Å². The number of carbonyl (C=O) groups is 2. The third-order valence-electron chi connectivity index (χ3n) is 2.92. The van der Waals surface area contributed by atoms with Crippen LogP contribution in [0, 0.1) is 6.92 Å². The minimum atomic E-state index is -1.06. The lowest BCUT2D eigenvalue weighted by molar-refractivity contribution is -0.305. The highest BCUT2D eigenvalue weighted by atomic mass is 32.2. The van der Waals surface area contributed by atoms with Gasteiger partial charge in [0.2, 0.25) is 0 Å². The number of carboxylic acids is 1. The van der Waals surface area contributed by atoms with Gasteiger partial charge in [0.25, 0.3) is 5.91 Å². The average Bonchev–Trinajstić information content (AvgIpc) is 2.92. The standard InChI is InChI=1S/C14H15NO3S3/c1-9-5-6-10(20-9)8-11-13(18)15(14(19)21-11)7-3-2-4-12(16)17/h5-6,8H,2-4,7H2,1H3,(H,16,17)/p-1/b11-8-. The molecule has 0 saturated carbocycles. The molecule has 2 rings (SSSR count). The third kappa shape index (κ3) is 4.39. The molecule has 0 aromatic carbocycles. The molecule has 2 heterocycles. The van der Waals surface area contributed by atoms with E-state index >= 15 is 0 Å². The minimum Gasteiger partial charge on any atom is -0.550 e. The summed E-state index contributed by atoms with van der Waals surface area (Å²) in [5.41, 5.74) is 0. The highest BCUT2D eigenvalue weighted by molar-refractivity contribution is 8.26. The molecule has 0 aliphatic carbocycles. The maximum Gasteiger partial charge on any atom is 0.266 e. The molecule has 1 aromatic rings. The molecule has 0 spiro atoms. The Morgan fingerprint density at radius 2 is 2.19 bits per heavy atom. The van der Waals surface area contributed by atoms with Crippen molar-refractivity contribution in [2.24, 2.45) is 0 Å². The van der Waals surface area contributed by atoms with Gasteiger partial charge in [-0.1, -0.05) is 24.0 Å². The van der Waals surface area contributed by atoms with E-state index in [1.165, 1.54) is 16.6 Å². The van der Waals surface area contributed by atoms with E-state index in [-0.39, 0.29) is 12.3 Å². The van der Waals surface area contributed by atoms with Gasteiger partial charge in [-0.2, -0.15) is 0 Å². The lowest BCUT2D eigenvalue weighted by Crippen LogP contribution is -2.29. The molecule has 0 bridgehead atoms. The van der Waals surface area contributed by atoms with E-state index in [0.717, 1.165) is 4.88 Å². The molecule has 4 nitrogen and oxygen atoms in total. The number of aliphatic carboxylic acids is 1. The molecule has 21 heavy (non-hydrogen) atoms. The third-order valence-corrected chi connectivity index (χ3v) is 5.25. The molecular weight excluding hydrogens is 326 g/mol. The van der Waals surface area contributed by atoms with Gasteiger partial charge >= 0.3 is 0 Å². The van der Waals surface area contributed by atoms with E-state index < -0.39 is 5.97 Å². The predicted molar refractivity (Wildman–Crippen MR) is 87.8 cm³/mol. The number of amides is 1. The van der Waals surface area contributed by atoms with E-state index in [0.29, 0.717) is 28.6 Å². The molecular formula is C14H14NO3S3-. The van der Waals surface area contributed by atoms with Crippen LogP contribution in [-0.2, 0) is 9.59 Å². The van der Waals surface area contributed by atoms with Crippen molar-refractivity contribution in [3.05, 3.63) is 26.8 Å². The fraction of sp³-hybridized carbons (Fsp3) is 0.357. The fourth-order valence-corrected chi connectivity index (χ4v) is 4.09. The van der Waals surface area contributed by atoms with Crippen molar-refractivity contribution in [2.75, 3.05) is 6.54 Å². The first-order chi connectivity index (χ1) is 9.97. The van der Waals surface area contributed by atoms with Crippen LogP contribution in [0.1, 0.15) is 29.0 Å². The molecule has 0 atom stereocenters. The van der Waals surface area contributed by atoms with Gasteiger partial charge in [0.1, 0.15) is 4.32 Å². The first-order valence-electron chi connectivity index (χ1n) is 6.49. The SMILES string of the molecule is Cc1ccc(/C=C2\SC(=S)N(CCCCC(=O)[O-])C2=O)s1. The van der Waals surface area contributed by atoms with Crippen molar-refractivity contribution in [1.29, 1.82) is 0 Å². The van der Waals surface area contributed by atoms with E-state index in [1.807, 2.05) is 25.1 Å². The number of unbranched alkanes of at least 4 members (excludes halogenated alkanes) is 1. The van der Waals surface area contributed by atoms with Gasteiger partial charge in [-0.3, -0.25) is 9.69 Å². The quantitative estimate of drug-likeness (QED) is 0.451. The summed E-state index contributed by atoms with van der Waals surface area (Å²) in [6.45, 7) is 2.48. The number of aryl methyl sites for hydroxylation is 1. The van der Waals surface area contributed by atoms with Crippen molar-refractivity contribution in [2.45, 2.75) is 26.2 Å². The summed E-state index contributed by atoms with van der Waals surface area (Å²) in [7, 11) is 0. The van der Waals surface area contributed by atoms with Crippen LogP contribution in [0.25, 0.3) is 6.08 Å². The van der Waals surface area contributed by atoms with E-state index in [2.05, 4.69) is 0 Å². The second kappa shape index (κ2) is 7.20. The minimum absolute atomic E-state index is 0.0130. The molecule has 1 aliphatic heterocycles. The number of thiocarbonyl (C=S) groups is 1. The van der Waals surface area contributed by atoms with Gasteiger partial charge in [-0.25, -0.2) is 0 Å². The smallest absolute Gasteiger partial charge is 0.266 e. The van der Waals surface area contributed by atoms with Crippen LogP contribution < -0.4 is 5.11 Å².